The SMILES string of the molecule is O=C(Cc1ccccc1)Nc1ccc(NCCc2ccc(Cl)cc2)nn1. The summed E-state index contributed by atoms with van der Waals surface area (Å²) in [5, 5.41) is 14.8. The number of carbonyl (C=O) groups is 1. The van der Waals surface area contributed by atoms with Gasteiger partial charge in [0.15, 0.2) is 5.82 Å². The van der Waals surface area contributed by atoms with Gasteiger partial charge >= 0.3 is 0 Å². The molecule has 1 aromatic heterocycles. The molecule has 26 heavy (non-hydrogen) atoms. The molecular weight excluding hydrogens is 348 g/mol. The van der Waals surface area contributed by atoms with E-state index in [4.69, 9.17) is 11.6 Å². The third-order valence-corrected chi connectivity index (χ3v) is 4.02. The van der Waals surface area contributed by atoms with Crippen LogP contribution in [-0.2, 0) is 17.6 Å². The van der Waals surface area contributed by atoms with Crippen LogP contribution >= 0.6 is 11.6 Å². The Morgan fingerprint density at radius 1 is 0.846 bits per heavy atom. The van der Waals surface area contributed by atoms with Gasteiger partial charge in [-0.05, 0) is 41.8 Å². The molecule has 1 amide bonds. The Morgan fingerprint density at radius 3 is 2.23 bits per heavy atom. The van der Waals surface area contributed by atoms with E-state index in [0.29, 0.717) is 18.1 Å². The van der Waals surface area contributed by atoms with Crippen molar-refractivity contribution in [1.29, 1.82) is 0 Å². The number of carbonyl (C=O) groups excluding carboxylic acids is 1. The Labute approximate surface area is 157 Å². The van der Waals surface area contributed by atoms with Gasteiger partial charge in [-0.2, -0.15) is 0 Å². The van der Waals surface area contributed by atoms with Crippen molar-refractivity contribution in [2.75, 3.05) is 17.2 Å². The van der Waals surface area contributed by atoms with Gasteiger partial charge in [-0.15, -0.1) is 10.2 Å². The van der Waals surface area contributed by atoms with E-state index in [-0.39, 0.29) is 5.91 Å². The van der Waals surface area contributed by atoms with E-state index in [0.717, 1.165) is 23.6 Å². The summed E-state index contributed by atoms with van der Waals surface area (Å²) in [7, 11) is 0. The quantitative estimate of drug-likeness (QED) is 0.664. The van der Waals surface area contributed by atoms with E-state index in [1.807, 2.05) is 54.6 Å². The number of anilines is 2. The highest BCUT2D eigenvalue weighted by atomic mass is 35.5. The maximum Gasteiger partial charge on any atom is 0.229 e. The van der Waals surface area contributed by atoms with Crippen LogP contribution in [0.1, 0.15) is 11.1 Å². The average molecular weight is 367 g/mol. The van der Waals surface area contributed by atoms with Gasteiger partial charge in [0, 0.05) is 11.6 Å². The molecule has 2 N–H and O–H groups in total. The monoisotopic (exact) mass is 366 g/mol. The van der Waals surface area contributed by atoms with Crippen LogP contribution < -0.4 is 10.6 Å². The lowest BCUT2D eigenvalue weighted by Gasteiger charge is -2.07. The van der Waals surface area contributed by atoms with Crippen LogP contribution in [-0.4, -0.2) is 22.6 Å². The number of nitrogens with one attached hydrogen (secondary N) is 2. The molecule has 0 aliphatic rings. The van der Waals surface area contributed by atoms with E-state index >= 15 is 0 Å². The van der Waals surface area contributed by atoms with E-state index in [1.54, 1.807) is 12.1 Å². The third kappa shape index (κ3) is 5.57. The molecule has 0 radical (unpaired) electrons. The second-order valence-corrected chi connectivity index (χ2v) is 6.25. The first-order chi connectivity index (χ1) is 12.7. The summed E-state index contributed by atoms with van der Waals surface area (Å²) in [5.74, 6) is 0.989. The Morgan fingerprint density at radius 2 is 1.54 bits per heavy atom. The van der Waals surface area contributed by atoms with Crippen molar-refractivity contribution in [2.24, 2.45) is 0 Å². The van der Waals surface area contributed by atoms with Crippen LogP contribution in [0.2, 0.25) is 5.02 Å². The van der Waals surface area contributed by atoms with Crippen LogP contribution in [0, 0.1) is 0 Å². The number of hydrogen-bond acceptors (Lipinski definition) is 4. The lowest BCUT2D eigenvalue weighted by Crippen LogP contribution is -2.16. The van der Waals surface area contributed by atoms with Crippen LogP contribution in [0.5, 0.6) is 0 Å². The number of hydrogen-bond donors (Lipinski definition) is 2. The number of aromatic nitrogens is 2. The van der Waals surface area contributed by atoms with E-state index in [1.165, 1.54) is 5.56 Å². The zero-order valence-electron chi connectivity index (χ0n) is 14.2. The van der Waals surface area contributed by atoms with Crippen LogP contribution in [0.3, 0.4) is 0 Å². The fraction of sp³-hybridized carbons (Fsp3) is 0.150. The number of rotatable bonds is 7. The topological polar surface area (TPSA) is 66.9 Å². The largest absolute Gasteiger partial charge is 0.368 e. The number of halogens is 1. The number of benzene rings is 2. The minimum absolute atomic E-state index is 0.117. The van der Waals surface area contributed by atoms with Crippen molar-refractivity contribution >= 4 is 29.1 Å². The van der Waals surface area contributed by atoms with Gasteiger partial charge in [-0.25, -0.2) is 0 Å². The first-order valence-corrected chi connectivity index (χ1v) is 8.73. The maximum atomic E-state index is 12.0. The molecule has 6 heteroatoms. The summed E-state index contributed by atoms with van der Waals surface area (Å²) < 4.78 is 0. The predicted molar refractivity (Wildman–Crippen MR) is 104 cm³/mol. The predicted octanol–water partition coefficient (Wildman–Crippen LogP) is 3.97. The minimum Gasteiger partial charge on any atom is -0.368 e. The highest BCUT2D eigenvalue weighted by Gasteiger charge is 2.05. The second-order valence-electron chi connectivity index (χ2n) is 5.82. The van der Waals surface area contributed by atoms with Crippen molar-refractivity contribution in [1.82, 2.24) is 10.2 Å². The molecule has 3 rings (SSSR count). The standard InChI is InChI=1S/C20H19ClN4O/c21-17-8-6-15(7-9-17)12-13-22-18-10-11-19(25-24-18)23-20(26)14-16-4-2-1-3-5-16/h1-11H,12-14H2,(H,22,24)(H,23,25,26). The van der Waals surface area contributed by atoms with Crippen LogP contribution in [0.15, 0.2) is 66.7 Å². The number of amides is 1. The zero-order valence-corrected chi connectivity index (χ0v) is 14.9. The zero-order chi connectivity index (χ0) is 18.2. The van der Waals surface area contributed by atoms with Crippen LogP contribution in [0.25, 0.3) is 0 Å². The Balaban J connectivity index is 1.45. The normalized spacial score (nSPS) is 10.3. The Hall–Kier alpha value is -2.92. The smallest absolute Gasteiger partial charge is 0.229 e. The molecule has 2 aromatic carbocycles. The highest BCUT2D eigenvalue weighted by Crippen LogP contribution is 2.11. The first-order valence-electron chi connectivity index (χ1n) is 8.35. The van der Waals surface area contributed by atoms with Gasteiger partial charge in [-0.3, -0.25) is 4.79 Å². The average Bonchev–Trinajstić information content (AvgIpc) is 2.65. The molecule has 5 nitrogen and oxygen atoms in total. The molecule has 1 heterocycles. The van der Waals surface area contributed by atoms with Crippen molar-refractivity contribution < 1.29 is 4.79 Å². The summed E-state index contributed by atoms with van der Waals surface area (Å²) in [5.41, 5.74) is 2.15. The molecule has 0 fully saturated rings. The van der Waals surface area contributed by atoms with Gasteiger partial charge < -0.3 is 10.6 Å². The van der Waals surface area contributed by atoms with Gasteiger partial charge in [0.25, 0.3) is 0 Å². The summed E-state index contributed by atoms with van der Waals surface area (Å²) in [4.78, 5) is 12.0. The Kier molecular flexibility index (Phi) is 6.17. The molecule has 3 aromatic rings. The van der Waals surface area contributed by atoms with Gasteiger partial charge in [0.05, 0.1) is 6.42 Å². The molecule has 0 unspecified atom stereocenters. The highest BCUT2D eigenvalue weighted by molar-refractivity contribution is 6.30. The lowest BCUT2D eigenvalue weighted by molar-refractivity contribution is -0.115. The van der Waals surface area contributed by atoms with E-state index in [2.05, 4.69) is 20.8 Å². The van der Waals surface area contributed by atoms with Crippen LogP contribution in [0.4, 0.5) is 11.6 Å². The summed E-state index contributed by atoms with van der Waals surface area (Å²) in [6.45, 7) is 0.732. The fourth-order valence-electron chi connectivity index (χ4n) is 2.45. The van der Waals surface area contributed by atoms with E-state index < -0.39 is 0 Å². The van der Waals surface area contributed by atoms with E-state index in [9.17, 15) is 4.79 Å². The molecule has 0 atom stereocenters. The van der Waals surface area contributed by atoms with Gasteiger partial charge in [0.2, 0.25) is 5.91 Å². The van der Waals surface area contributed by atoms with Crippen molar-refractivity contribution in [3.63, 3.8) is 0 Å². The molecule has 0 bridgehead atoms. The van der Waals surface area contributed by atoms with Gasteiger partial charge in [-0.1, -0.05) is 54.1 Å². The molecule has 0 aliphatic heterocycles. The summed E-state index contributed by atoms with van der Waals surface area (Å²) >= 11 is 5.87. The maximum absolute atomic E-state index is 12.0. The Bertz CT molecular complexity index is 836. The molecule has 132 valence electrons. The first kappa shape index (κ1) is 17.9. The second kappa shape index (κ2) is 8.97. The lowest BCUT2D eigenvalue weighted by atomic mass is 10.1. The van der Waals surface area contributed by atoms with Crippen molar-refractivity contribution in [3.05, 3.63) is 82.9 Å². The molecular formula is C20H19ClN4O. The van der Waals surface area contributed by atoms with Crippen molar-refractivity contribution in [2.45, 2.75) is 12.8 Å². The fourth-order valence-corrected chi connectivity index (χ4v) is 2.57. The summed E-state index contributed by atoms with van der Waals surface area (Å²) in [6, 6.07) is 20.9. The minimum atomic E-state index is -0.117. The molecule has 0 aliphatic carbocycles. The molecule has 0 saturated heterocycles. The molecule has 0 saturated carbocycles. The number of nitrogens with zero attached hydrogens (tertiary/aromatic N) is 2. The summed E-state index contributed by atoms with van der Waals surface area (Å²) in [6.07, 6.45) is 1.16. The van der Waals surface area contributed by atoms with Crippen molar-refractivity contribution in [3.8, 4) is 0 Å². The third-order valence-electron chi connectivity index (χ3n) is 3.77. The van der Waals surface area contributed by atoms with Gasteiger partial charge in [0.1, 0.15) is 5.82 Å². The molecule has 0 spiro atoms.